The second kappa shape index (κ2) is 4.30. The molecule has 2 saturated carbocycles. The van der Waals surface area contributed by atoms with Gasteiger partial charge in [0.05, 0.1) is 6.10 Å². The molecule has 2 fully saturated rings. The van der Waals surface area contributed by atoms with Gasteiger partial charge in [0.15, 0.2) is 5.78 Å². The molecule has 0 aromatic heterocycles. The van der Waals surface area contributed by atoms with Crippen LogP contribution < -0.4 is 0 Å². The summed E-state index contributed by atoms with van der Waals surface area (Å²) in [6, 6.07) is 0. The zero-order chi connectivity index (χ0) is 13.9. The van der Waals surface area contributed by atoms with Gasteiger partial charge in [-0.25, -0.2) is 0 Å². The van der Waals surface area contributed by atoms with Gasteiger partial charge < -0.3 is 5.11 Å². The maximum Gasteiger partial charge on any atom is 0.158 e. The van der Waals surface area contributed by atoms with Crippen LogP contribution in [0.25, 0.3) is 0 Å². The van der Waals surface area contributed by atoms with Gasteiger partial charge in [0.1, 0.15) is 0 Å². The van der Waals surface area contributed by atoms with Crippen molar-refractivity contribution in [2.75, 3.05) is 0 Å². The number of ketones is 1. The van der Waals surface area contributed by atoms with Crippen molar-refractivity contribution in [1.82, 2.24) is 0 Å². The van der Waals surface area contributed by atoms with E-state index in [4.69, 9.17) is 0 Å². The maximum atomic E-state index is 11.7. The van der Waals surface area contributed by atoms with Gasteiger partial charge in [0, 0.05) is 6.42 Å². The molecule has 0 aromatic carbocycles. The van der Waals surface area contributed by atoms with Crippen LogP contribution in [0, 0.1) is 17.3 Å². The minimum absolute atomic E-state index is 0.108. The summed E-state index contributed by atoms with van der Waals surface area (Å²) in [7, 11) is 0. The molecule has 4 aliphatic carbocycles. The average molecular weight is 272 g/mol. The summed E-state index contributed by atoms with van der Waals surface area (Å²) >= 11 is 0. The van der Waals surface area contributed by atoms with Crippen LogP contribution in [0.1, 0.15) is 58.3 Å². The molecule has 1 unspecified atom stereocenters. The first kappa shape index (κ1) is 12.8. The number of fused-ring (bicyclic) bond motifs is 4. The summed E-state index contributed by atoms with van der Waals surface area (Å²) in [6.07, 6.45) is 10.4. The fraction of sp³-hybridized carbons (Fsp3) is 0.722. The molecule has 4 atom stereocenters. The zero-order valence-corrected chi connectivity index (χ0v) is 12.3. The Morgan fingerprint density at radius 2 is 2.10 bits per heavy atom. The van der Waals surface area contributed by atoms with E-state index in [-0.39, 0.29) is 5.78 Å². The van der Waals surface area contributed by atoms with Crippen LogP contribution in [-0.2, 0) is 4.79 Å². The predicted octanol–water partition coefficient (Wildman–Crippen LogP) is 3.55. The van der Waals surface area contributed by atoms with E-state index < -0.39 is 6.10 Å². The molecule has 1 N–H and O–H groups in total. The number of rotatable bonds is 0. The lowest BCUT2D eigenvalue weighted by Gasteiger charge is -2.47. The molecule has 2 heteroatoms. The van der Waals surface area contributed by atoms with Crippen molar-refractivity contribution in [3.05, 3.63) is 22.8 Å². The van der Waals surface area contributed by atoms with Gasteiger partial charge in [-0.15, -0.1) is 0 Å². The Kier molecular flexibility index (Phi) is 2.76. The fourth-order valence-corrected chi connectivity index (χ4v) is 5.59. The molecule has 0 spiro atoms. The number of aliphatic hydroxyl groups is 1. The Bertz CT molecular complexity index is 528. The summed E-state index contributed by atoms with van der Waals surface area (Å²) < 4.78 is 0. The monoisotopic (exact) mass is 272 g/mol. The van der Waals surface area contributed by atoms with Gasteiger partial charge in [-0.05, 0) is 73.0 Å². The largest absolute Gasteiger partial charge is 0.388 e. The SMILES string of the molecule is C[C@@]12CCC[C@H]1[C@@H]1CCC3=CC(=O)CC(O)C3=C1CC2. The quantitative estimate of drug-likeness (QED) is 0.732. The Morgan fingerprint density at radius 1 is 1.25 bits per heavy atom. The highest BCUT2D eigenvalue weighted by Crippen LogP contribution is 2.59. The van der Waals surface area contributed by atoms with Crippen LogP contribution in [0.2, 0.25) is 0 Å². The zero-order valence-electron chi connectivity index (χ0n) is 12.3. The summed E-state index contributed by atoms with van der Waals surface area (Å²) in [4.78, 5) is 11.7. The van der Waals surface area contributed by atoms with E-state index in [1.165, 1.54) is 43.3 Å². The van der Waals surface area contributed by atoms with Gasteiger partial charge in [0.2, 0.25) is 0 Å². The molecule has 0 saturated heterocycles. The third kappa shape index (κ3) is 1.70. The summed E-state index contributed by atoms with van der Waals surface area (Å²) in [5, 5.41) is 10.4. The summed E-state index contributed by atoms with van der Waals surface area (Å²) in [5.41, 5.74) is 4.40. The van der Waals surface area contributed by atoms with E-state index in [1.807, 2.05) is 6.08 Å². The molecule has 0 radical (unpaired) electrons. The first-order valence-electron chi connectivity index (χ1n) is 8.23. The standard InChI is InChI=1S/C18H24O2/c1-18-7-2-3-15(18)13-5-4-11-9-12(19)10-16(20)17(11)14(13)6-8-18/h9,13,15-16,20H,2-8,10H2,1H3/t13-,15+,16?,18+/m1/s1. The normalized spacial score (nSPS) is 43.8. The number of allylic oxidation sites excluding steroid dienone is 2. The van der Waals surface area contributed by atoms with Crippen molar-refractivity contribution in [2.24, 2.45) is 17.3 Å². The molecule has 20 heavy (non-hydrogen) atoms. The average Bonchev–Trinajstić information content (AvgIpc) is 2.79. The highest BCUT2D eigenvalue weighted by Gasteiger charge is 2.49. The molecule has 0 aromatic rings. The maximum absolute atomic E-state index is 11.7. The van der Waals surface area contributed by atoms with Crippen LogP contribution in [0.5, 0.6) is 0 Å². The molecule has 4 aliphatic rings. The Labute approximate surface area is 120 Å². The van der Waals surface area contributed by atoms with Gasteiger partial charge >= 0.3 is 0 Å². The van der Waals surface area contributed by atoms with Gasteiger partial charge in [0.25, 0.3) is 0 Å². The molecule has 0 amide bonds. The number of carbonyl (C=O) groups is 1. The van der Waals surface area contributed by atoms with Crippen LogP contribution in [0.4, 0.5) is 0 Å². The molecule has 4 rings (SSSR count). The molecule has 108 valence electrons. The Balaban J connectivity index is 1.78. The number of aliphatic hydroxyl groups excluding tert-OH is 1. The van der Waals surface area contributed by atoms with Gasteiger partial charge in [-0.2, -0.15) is 0 Å². The number of hydrogen-bond acceptors (Lipinski definition) is 2. The summed E-state index contributed by atoms with van der Waals surface area (Å²) in [6.45, 7) is 2.48. The smallest absolute Gasteiger partial charge is 0.158 e. The highest BCUT2D eigenvalue weighted by atomic mass is 16.3. The van der Waals surface area contributed by atoms with Crippen molar-refractivity contribution in [1.29, 1.82) is 0 Å². The van der Waals surface area contributed by atoms with Crippen molar-refractivity contribution in [3.8, 4) is 0 Å². The minimum Gasteiger partial charge on any atom is -0.388 e. The predicted molar refractivity (Wildman–Crippen MR) is 78.1 cm³/mol. The topological polar surface area (TPSA) is 37.3 Å². The van der Waals surface area contributed by atoms with E-state index in [0.717, 1.165) is 24.3 Å². The van der Waals surface area contributed by atoms with E-state index in [0.29, 0.717) is 17.8 Å². The van der Waals surface area contributed by atoms with Crippen LogP contribution in [0.15, 0.2) is 22.8 Å². The first-order chi connectivity index (χ1) is 9.58. The first-order valence-corrected chi connectivity index (χ1v) is 8.23. The third-order valence-electron chi connectivity index (χ3n) is 6.54. The van der Waals surface area contributed by atoms with Crippen molar-refractivity contribution in [2.45, 2.75) is 64.4 Å². The van der Waals surface area contributed by atoms with Gasteiger partial charge in [-0.3, -0.25) is 4.79 Å². The molecule has 2 nitrogen and oxygen atoms in total. The van der Waals surface area contributed by atoms with Crippen LogP contribution in [-0.4, -0.2) is 17.0 Å². The van der Waals surface area contributed by atoms with Gasteiger partial charge in [-0.1, -0.05) is 18.9 Å². The van der Waals surface area contributed by atoms with Crippen molar-refractivity contribution >= 4 is 5.78 Å². The van der Waals surface area contributed by atoms with E-state index in [2.05, 4.69) is 6.92 Å². The van der Waals surface area contributed by atoms with E-state index in [9.17, 15) is 9.90 Å². The number of hydrogen-bond donors (Lipinski definition) is 1. The Morgan fingerprint density at radius 3 is 2.95 bits per heavy atom. The molecular formula is C18H24O2. The lowest BCUT2D eigenvalue weighted by Crippen LogP contribution is -2.38. The minimum atomic E-state index is -0.522. The summed E-state index contributed by atoms with van der Waals surface area (Å²) in [5.74, 6) is 1.62. The molecule has 0 aliphatic heterocycles. The number of carbonyl (C=O) groups excluding carboxylic acids is 1. The third-order valence-corrected chi connectivity index (χ3v) is 6.54. The fourth-order valence-electron chi connectivity index (χ4n) is 5.59. The second-order valence-corrected chi connectivity index (χ2v) is 7.59. The Hall–Kier alpha value is -0.890. The second-order valence-electron chi connectivity index (χ2n) is 7.59. The lowest BCUT2D eigenvalue weighted by atomic mass is 9.57. The van der Waals surface area contributed by atoms with E-state index >= 15 is 0 Å². The highest BCUT2D eigenvalue weighted by molar-refractivity contribution is 5.93. The molecule has 0 heterocycles. The van der Waals surface area contributed by atoms with Crippen LogP contribution >= 0.6 is 0 Å². The van der Waals surface area contributed by atoms with E-state index in [1.54, 1.807) is 0 Å². The van der Waals surface area contributed by atoms with Crippen LogP contribution in [0.3, 0.4) is 0 Å². The molecule has 0 bridgehead atoms. The van der Waals surface area contributed by atoms with Crippen molar-refractivity contribution in [3.63, 3.8) is 0 Å². The molecular weight excluding hydrogens is 248 g/mol. The van der Waals surface area contributed by atoms with Crippen molar-refractivity contribution < 1.29 is 9.90 Å². The lowest BCUT2D eigenvalue weighted by molar-refractivity contribution is -0.116.